The van der Waals surface area contributed by atoms with Crippen molar-refractivity contribution < 1.29 is 0 Å². The summed E-state index contributed by atoms with van der Waals surface area (Å²) in [6.07, 6.45) is 4.88. The number of aromatic nitrogens is 1. The van der Waals surface area contributed by atoms with E-state index in [0.717, 1.165) is 6.04 Å². The fourth-order valence-corrected chi connectivity index (χ4v) is 1.71. The molecule has 12 heavy (non-hydrogen) atoms. The molecule has 0 N–H and O–H groups in total. The maximum atomic E-state index is 3.12. The van der Waals surface area contributed by atoms with Crippen molar-refractivity contribution in [3.8, 4) is 0 Å². The molecule has 0 bridgehead atoms. The zero-order chi connectivity index (χ0) is 7.97. The summed E-state index contributed by atoms with van der Waals surface area (Å²) in [5.74, 6) is 0. The van der Waals surface area contributed by atoms with Gasteiger partial charge in [-0.3, -0.25) is 0 Å². The van der Waals surface area contributed by atoms with Gasteiger partial charge in [-0.15, -0.1) is 0 Å². The quantitative estimate of drug-likeness (QED) is 0.598. The molecule has 1 radical (unpaired) electrons. The van der Waals surface area contributed by atoms with Gasteiger partial charge in [0, 0.05) is 17.8 Å². The van der Waals surface area contributed by atoms with Gasteiger partial charge in [0.2, 0.25) is 0 Å². The van der Waals surface area contributed by atoms with Crippen LogP contribution >= 0.6 is 0 Å². The summed E-state index contributed by atoms with van der Waals surface area (Å²) in [6.45, 7) is 0. The Morgan fingerprint density at radius 1 is 1.33 bits per heavy atom. The molecule has 2 aromatic rings. The van der Waals surface area contributed by atoms with Crippen molar-refractivity contribution in [2.24, 2.45) is 0 Å². The van der Waals surface area contributed by atoms with Crippen LogP contribution in [0.2, 0.25) is 0 Å². The molecule has 1 heterocycles. The summed E-state index contributed by atoms with van der Waals surface area (Å²) >= 11 is 0. The molecule has 0 aliphatic heterocycles. The Labute approximate surface area is 71.6 Å². The van der Waals surface area contributed by atoms with Gasteiger partial charge in [0.25, 0.3) is 0 Å². The summed E-state index contributed by atoms with van der Waals surface area (Å²) in [5, 5.41) is 1.33. The lowest BCUT2D eigenvalue weighted by atomic mass is 10.2. The van der Waals surface area contributed by atoms with Gasteiger partial charge in [-0.25, -0.2) is 0 Å². The van der Waals surface area contributed by atoms with Crippen LogP contribution in [-0.4, -0.2) is 4.57 Å². The van der Waals surface area contributed by atoms with Gasteiger partial charge in [-0.1, -0.05) is 12.1 Å². The first-order chi connectivity index (χ1) is 5.95. The molecule has 1 nitrogen and oxygen atoms in total. The summed E-state index contributed by atoms with van der Waals surface area (Å²) in [7, 11) is 0. The summed E-state index contributed by atoms with van der Waals surface area (Å²) in [6, 6.07) is 12.3. The number of benzene rings is 1. The summed E-state index contributed by atoms with van der Waals surface area (Å²) in [5.41, 5.74) is 1.33. The predicted octanol–water partition coefficient (Wildman–Crippen LogP) is 2.78. The molecule has 1 aliphatic carbocycles. The summed E-state index contributed by atoms with van der Waals surface area (Å²) in [4.78, 5) is 0. The van der Waals surface area contributed by atoms with Crippen molar-refractivity contribution in [1.82, 2.24) is 4.57 Å². The van der Waals surface area contributed by atoms with Crippen LogP contribution in [0.4, 0.5) is 0 Å². The van der Waals surface area contributed by atoms with E-state index in [-0.39, 0.29) is 0 Å². The fourth-order valence-electron chi connectivity index (χ4n) is 1.71. The van der Waals surface area contributed by atoms with E-state index < -0.39 is 0 Å². The minimum Gasteiger partial charge on any atom is -0.344 e. The third kappa shape index (κ3) is 0.795. The average Bonchev–Trinajstić information content (AvgIpc) is 2.86. The zero-order valence-corrected chi connectivity index (χ0v) is 6.83. The lowest BCUT2D eigenvalue weighted by molar-refractivity contribution is 0.776. The molecule has 1 aromatic heterocycles. The molecule has 1 aliphatic rings. The van der Waals surface area contributed by atoms with Gasteiger partial charge in [-0.05, 0) is 36.4 Å². The third-order valence-corrected chi connectivity index (χ3v) is 2.51. The van der Waals surface area contributed by atoms with Crippen molar-refractivity contribution in [1.29, 1.82) is 0 Å². The standard InChI is InChI=1S/C11H10N/c1-2-4-11-9(3-1)7-8-12(11)10-5-6-10/h1,3-4,7-8,10H,5-6H2. The van der Waals surface area contributed by atoms with E-state index in [1.807, 2.05) is 6.07 Å². The van der Waals surface area contributed by atoms with E-state index in [9.17, 15) is 0 Å². The second kappa shape index (κ2) is 2.13. The second-order valence-corrected chi connectivity index (χ2v) is 3.44. The molecular formula is C11H10N. The highest BCUT2D eigenvalue weighted by atomic mass is 15.0. The lowest BCUT2D eigenvalue weighted by Gasteiger charge is -2.00. The van der Waals surface area contributed by atoms with Gasteiger partial charge in [-0.2, -0.15) is 0 Å². The molecule has 1 fully saturated rings. The maximum absolute atomic E-state index is 3.12. The highest BCUT2D eigenvalue weighted by molar-refractivity contribution is 5.80. The molecular weight excluding hydrogens is 146 g/mol. The first-order valence-corrected chi connectivity index (χ1v) is 4.42. The van der Waals surface area contributed by atoms with Crippen LogP contribution in [0.15, 0.2) is 30.5 Å². The zero-order valence-electron chi connectivity index (χ0n) is 6.83. The Bertz CT molecular complexity index is 410. The van der Waals surface area contributed by atoms with Crippen LogP contribution in [0.3, 0.4) is 0 Å². The van der Waals surface area contributed by atoms with Gasteiger partial charge in [0.1, 0.15) is 0 Å². The minimum absolute atomic E-state index is 0.776. The number of fused-ring (bicyclic) bond motifs is 1. The van der Waals surface area contributed by atoms with Crippen molar-refractivity contribution in [3.63, 3.8) is 0 Å². The summed E-state index contributed by atoms with van der Waals surface area (Å²) < 4.78 is 2.37. The second-order valence-electron chi connectivity index (χ2n) is 3.44. The molecule has 0 atom stereocenters. The van der Waals surface area contributed by atoms with Gasteiger partial charge >= 0.3 is 0 Å². The molecule has 0 saturated heterocycles. The van der Waals surface area contributed by atoms with Crippen molar-refractivity contribution in [2.45, 2.75) is 18.9 Å². The van der Waals surface area contributed by atoms with E-state index in [0.29, 0.717) is 0 Å². The van der Waals surface area contributed by atoms with Crippen LogP contribution in [0, 0.1) is 6.07 Å². The molecule has 59 valence electrons. The Hall–Kier alpha value is -1.24. The maximum Gasteiger partial charge on any atom is 0.0489 e. The number of hydrogen-bond acceptors (Lipinski definition) is 0. The van der Waals surface area contributed by atoms with E-state index in [1.54, 1.807) is 0 Å². The highest BCUT2D eigenvalue weighted by Crippen LogP contribution is 2.37. The molecule has 1 heteroatoms. The van der Waals surface area contributed by atoms with Crippen LogP contribution in [0.5, 0.6) is 0 Å². The molecule has 0 spiro atoms. The number of hydrogen-bond donors (Lipinski definition) is 0. The van der Waals surface area contributed by atoms with E-state index in [4.69, 9.17) is 0 Å². The van der Waals surface area contributed by atoms with Crippen LogP contribution in [0.25, 0.3) is 10.9 Å². The first-order valence-electron chi connectivity index (χ1n) is 4.42. The highest BCUT2D eigenvalue weighted by Gasteiger charge is 2.23. The smallest absolute Gasteiger partial charge is 0.0489 e. The largest absolute Gasteiger partial charge is 0.344 e. The first kappa shape index (κ1) is 6.30. The van der Waals surface area contributed by atoms with Crippen LogP contribution in [-0.2, 0) is 0 Å². The average molecular weight is 156 g/mol. The predicted molar refractivity (Wildman–Crippen MR) is 49.0 cm³/mol. The molecule has 1 saturated carbocycles. The lowest BCUT2D eigenvalue weighted by Crippen LogP contribution is -1.89. The Kier molecular flexibility index (Phi) is 1.12. The van der Waals surface area contributed by atoms with Gasteiger partial charge in [0.15, 0.2) is 0 Å². The SMILES string of the molecule is [c]1ccc2ccn(C3CC3)c2c1. The Morgan fingerprint density at radius 3 is 3.08 bits per heavy atom. The molecule has 1 aromatic carbocycles. The number of nitrogens with zero attached hydrogens (tertiary/aromatic N) is 1. The van der Waals surface area contributed by atoms with E-state index in [1.165, 1.54) is 23.7 Å². The number of rotatable bonds is 1. The minimum atomic E-state index is 0.776. The third-order valence-electron chi connectivity index (χ3n) is 2.51. The molecule has 0 amide bonds. The van der Waals surface area contributed by atoms with E-state index in [2.05, 4.69) is 35.0 Å². The normalized spacial score (nSPS) is 17.0. The topological polar surface area (TPSA) is 4.93 Å². The molecule has 0 unspecified atom stereocenters. The Morgan fingerprint density at radius 2 is 2.25 bits per heavy atom. The van der Waals surface area contributed by atoms with Crippen molar-refractivity contribution in [2.75, 3.05) is 0 Å². The van der Waals surface area contributed by atoms with Crippen molar-refractivity contribution >= 4 is 10.9 Å². The monoisotopic (exact) mass is 156 g/mol. The van der Waals surface area contributed by atoms with Gasteiger partial charge < -0.3 is 4.57 Å². The fraction of sp³-hybridized carbons (Fsp3) is 0.273. The van der Waals surface area contributed by atoms with E-state index >= 15 is 0 Å². The Balaban J connectivity index is 2.30. The molecule has 3 rings (SSSR count). The van der Waals surface area contributed by atoms with Crippen molar-refractivity contribution in [3.05, 3.63) is 36.5 Å². The van der Waals surface area contributed by atoms with Crippen LogP contribution < -0.4 is 0 Å². The van der Waals surface area contributed by atoms with Gasteiger partial charge in [0.05, 0.1) is 0 Å². The van der Waals surface area contributed by atoms with Crippen LogP contribution in [0.1, 0.15) is 18.9 Å².